The van der Waals surface area contributed by atoms with Gasteiger partial charge in [-0.25, -0.2) is 0 Å². The number of aromatic hydroxyl groups is 1. The molecule has 0 spiro atoms. The van der Waals surface area contributed by atoms with E-state index in [4.69, 9.17) is 4.74 Å². The van der Waals surface area contributed by atoms with E-state index in [2.05, 4.69) is 6.92 Å². The molecule has 2 nitrogen and oxygen atoms in total. The number of rotatable bonds is 2. The highest BCUT2D eigenvalue weighted by atomic mass is 32.1. The van der Waals surface area contributed by atoms with Gasteiger partial charge in [-0.05, 0) is 41.6 Å². The molecule has 0 unspecified atom stereocenters. The van der Waals surface area contributed by atoms with Crippen LogP contribution in [0.25, 0.3) is 11.1 Å². The molecule has 2 rings (SSSR count). The molecule has 1 aromatic carbocycles. The van der Waals surface area contributed by atoms with Crippen LogP contribution in [0.5, 0.6) is 11.5 Å². The summed E-state index contributed by atoms with van der Waals surface area (Å²) >= 11 is 1.70. The van der Waals surface area contributed by atoms with E-state index in [-0.39, 0.29) is 5.75 Å². The fraction of sp³-hybridized carbons (Fsp3) is 0.167. The van der Waals surface area contributed by atoms with E-state index in [1.54, 1.807) is 30.6 Å². The first kappa shape index (κ1) is 10.1. The van der Waals surface area contributed by atoms with Crippen molar-refractivity contribution in [3.05, 3.63) is 34.5 Å². The zero-order valence-electron chi connectivity index (χ0n) is 8.65. The van der Waals surface area contributed by atoms with Crippen LogP contribution in [0.1, 0.15) is 4.88 Å². The highest BCUT2D eigenvalue weighted by Gasteiger charge is 2.06. The van der Waals surface area contributed by atoms with Gasteiger partial charge in [0.2, 0.25) is 0 Å². The van der Waals surface area contributed by atoms with Crippen LogP contribution in [-0.4, -0.2) is 12.2 Å². The average molecular weight is 220 g/mol. The predicted molar refractivity (Wildman–Crippen MR) is 62.7 cm³/mol. The van der Waals surface area contributed by atoms with Gasteiger partial charge in [-0.1, -0.05) is 0 Å². The van der Waals surface area contributed by atoms with Crippen molar-refractivity contribution in [1.29, 1.82) is 0 Å². The summed E-state index contributed by atoms with van der Waals surface area (Å²) in [6.07, 6.45) is 0. The third-order valence-corrected chi connectivity index (χ3v) is 3.14. The summed E-state index contributed by atoms with van der Waals surface area (Å²) in [4.78, 5) is 1.24. The summed E-state index contributed by atoms with van der Waals surface area (Å²) < 4.78 is 5.12. The topological polar surface area (TPSA) is 29.5 Å². The van der Waals surface area contributed by atoms with Gasteiger partial charge in [0.05, 0.1) is 7.11 Å². The lowest BCUT2D eigenvalue weighted by atomic mass is 10.1. The lowest BCUT2D eigenvalue weighted by molar-refractivity contribution is 0.408. The van der Waals surface area contributed by atoms with Crippen LogP contribution in [0.3, 0.4) is 0 Å². The summed E-state index contributed by atoms with van der Waals surface area (Å²) in [7, 11) is 1.60. The minimum absolute atomic E-state index is 0.231. The zero-order valence-corrected chi connectivity index (χ0v) is 9.47. The Morgan fingerprint density at radius 3 is 2.67 bits per heavy atom. The van der Waals surface area contributed by atoms with E-state index in [1.807, 2.05) is 17.5 Å². The van der Waals surface area contributed by atoms with Gasteiger partial charge >= 0.3 is 0 Å². The molecule has 0 aliphatic heterocycles. The molecule has 0 bridgehead atoms. The van der Waals surface area contributed by atoms with E-state index < -0.39 is 0 Å². The van der Waals surface area contributed by atoms with Crippen molar-refractivity contribution >= 4 is 11.3 Å². The van der Waals surface area contributed by atoms with Gasteiger partial charge in [0.15, 0.2) is 0 Å². The van der Waals surface area contributed by atoms with Crippen molar-refractivity contribution in [2.24, 2.45) is 0 Å². The van der Waals surface area contributed by atoms with Crippen molar-refractivity contribution < 1.29 is 9.84 Å². The lowest BCUT2D eigenvalue weighted by Gasteiger charge is -2.05. The van der Waals surface area contributed by atoms with Crippen LogP contribution >= 0.6 is 11.3 Å². The Balaban J connectivity index is 2.53. The van der Waals surface area contributed by atoms with Gasteiger partial charge in [0, 0.05) is 10.9 Å². The highest BCUT2D eigenvalue weighted by Crippen LogP contribution is 2.32. The van der Waals surface area contributed by atoms with Gasteiger partial charge in [-0.15, -0.1) is 11.3 Å². The first-order valence-electron chi connectivity index (χ1n) is 4.63. The number of benzene rings is 1. The molecule has 0 fully saturated rings. The Bertz CT molecular complexity index is 474. The Morgan fingerprint density at radius 1 is 1.27 bits per heavy atom. The minimum atomic E-state index is 0.231. The first-order valence-corrected chi connectivity index (χ1v) is 5.51. The fourth-order valence-electron chi connectivity index (χ4n) is 1.54. The van der Waals surface area contributed by atoms with Gasteiger partial charge in [0.1, 0.15) is 11.5 Å². The number of methoxy groups -OCH3 is 1. The minimum Gasteiger partial charge on any atom is -0.508 e. The normalized spacial score (nSPS) is 10.3. The first-order chi connectivity index (χ1) is 7.20. The molecule has 15 heavy (non-hydrogen) atoms. The molecule has 0 saturated carbocycles. The zero-order chi connectivity index (χ0) is 10.8. The Labute approximate surface area is 92.8 Å². The summed E-state index contributed by atoms with van der Waals surface area (Å²) in [5, 5.41) is 11.6. The molecule has 78 valence electrons. The Morgan fingerprint density at radius 2 is 2.07 bits per heavy atom. The average Bonchev–Trinajstić information content (AvgIpc) is 2.63. The molecule has 0 aliphatic rings. The Kier molecular flexibility index (Phi) is 2.64. The number of thiophene rings is 1. The standard InChI is InChI=1S/C12H12O2S/c1-8-12(3-4-15-8)9-5-10(13)7-11(6-9)14-2/h3-7,13H,1-2H3. The summed E-state index contributed by atoms with van der Waals surface area (Å²) in [6.45, 7) is 2.07. The monoisotopic (exact) mass is 220 g/mol. The lowest BCUT2D eigenvalue weighted by Crippen LogP contribution is -1.84. The number of phenolic OH excluding ortho intramolecular Hbond substituents is 1. The second-order valence-corrected chi connectivity index (χ2v) is 4.43. The van der Waals surface area contributed by atoms with E-state index in [9.17, 15) is 5.11 Å². The summed E-state index contributed by atoms with van der Waals surface area (Å²) in [5.74, 6) is 0.908. The van der Waals surface area contributed by atoms with E-state index in [1.165, 1.54) is 4.88 Å². The molecular weight excluding hydrogens is 208 g/mol. The van der Waals surface area contributed by atoms with Crippen molar-refractivity contribution in [2.45, 2.75) is 6.92 Å². The van der Waals surface area contributed by atoms with Crippen molar-refractivity contribution in [1.82, 2.24) is 0 Å². The van der Waals surface area contributed by atoms with Crippen LogP contribution in [0, 0.1) is 6.92 Å². The van der Waals surface area contributed by atoms with Crippen molar-refractivity contribution in [3.8, 4) is 22.6 Å². The molecular formula is C12H12O2S. The molecule has 1 heterocycles. The number of phenols is 1. The van der Waals surface area contributed by atoms with Crippen LogP contribution in [0.15, 0.2) is 29.6 Å². The van der Waals surface area contributed by atoms with Crippen molar-refractivity contribution in [3.63, 3.8) is 0 Å². The van der Waals surface area contributed by atoms with Gasteiger partial charge < -0.3 is 9.84 Å². The predicted octanol–water partition coefficient (Wildman–Crippen LogP) is 3.44. The van der Waals surface area contributed by atoms with Crippen LogP contribution in [0.2, 0.25) is 0 Å². The maximum Gasteiger partial charge on any atom is 0.123 e. The molecule has 3 heteroatoms. The highest BCUT2D eigenvalue weighted by molar-refractivity contribution is 7.10. The quantitative estimate of drug-likeness (QED) is 0.840. The second kappa shape index (κ2) is 3.95. The molecule has 0 aliphatic carbocycles. The molecule has 0 radical (unpaired) electrons. The van der Waals surface area contributed by atoms with Crippen LogP contribution < -0.4 is 4.74 Å². The smallest absolute Gasteiger partial charge is 0.123 e. The SMILES string of the molecule is COc1cc(O)cc(-c2ccsc2C)c1. The van der Waals surface area contributed by atoms with Gasteiger partial charge in [-0.3, -0.25) is 0 Å². The van der Waals surface area contributed by atoms with E-state index in [0.29, 0.717) is 5.75 Å². The largest absolute Gasteiger partial charge is 0.508 e. The van der Waals surface area contributed by atoms with E-state index >= 15 is 0 Å². The fourth-order valence-corrected chi connectivity index (χ4v) is 2.26. The molecule has 0 amide bonds. The molecule has 1 aromatic heterocycles. The maximum absolute atomic E-state index is 9.54. The van der Waals surface area contributed by atoms with E-state index in [0.717, 1.165) is 11.1 Å². The summed E-state index contributed by atoms with van der Waals surface area (Å²) in [6, 6.07) is 7.33. The third kappa shape index (κ3) is 1.97. The molecule has 1 N–H and O–H groups in total. The van der Waals surface area contributed by atoms with Crippen LogP contribution in [0.4, 0.5) is 0 Å². The number of hydrogen-bond acceptors (Lipinski definition) is 3. The number of hydrogen-bond donors (Lipinski definition) is 1. The number of ether oxygens (including phenoxy) is 1. The van der Waals surface area contributed by atoms with Gasteiger partial charge in [-0.2, -0.15) is 0 Å². The molecule has 0 saturated heterocycles. The molecule has 2 aromatic rings. The number of aryl methyl sites for hydroxylation is 1. The summed E-state index contributed by atoms with van der Waals surface area (Å²) in [5.41, 5.74) is 2.14. The van der Waals surface area contributed by atoms with Crippen molar-refractivity contribution in [2.75, 3.05) is 7.11 Å². The second-order valence-electron chi connectivity index (χ2n) is 3.31. The maximum atomic E-state index is 9.54. The Hall–Kier alpha value is -1.48. The van der Waals surface area contributed by atoms with Gasteiger partial charge in [0.25, 0.3) is 0 Å². The van der Waals surface area contributed by atoms with Crippen LogP contribution in [-0.2, 0) is 0 Å². The molecule has 0 atom stereocenters. The third-order valence-electron chi connectivity index (χ3n) is 2.30.